The van der Waals surface area contributed by atoms with Gasteiger partial charge in [0.1, 0.15) is 0 Å². The van der Waals surface area contributed by atoms with Crippen LogP contribution in [0.1, 0.15) is 32.6 Å². The van der Waals surface area contributed by atoms with Gasteiger partial charge >= 0.3 is 0 Å². The van der Waals surface area contributed by atoms with E-state index in [4.69, 9.17) is 23.2 Å². The van der Waals surface area contributed by atoms with E-state index in [-0.39, 0.29) is 10.4 Å². The normalized spacial score (nSPS) is 25.4. The Bertz CT molecular complexity index is 372. The van der Waals surface area contributed by atoms with Crippen LogP contribution >= 0.6 is 23.2 Å². The van der Waals surface area contributed by atoms with E-state index in [1.165, 1.54) is 19.3 Å². The van der Waals surface area contributed by atoms with Crippen molar-refractivity contribution in [2.24, 2.45) is 5.92 Å². The van der Waals surface area contributed by atoms with Gasteiger partial charge in [0.25, 0.3) is 0 Å². The number of hydrogen-bond acceptors (Lipinski definition) is 4. The van der Waals surface area contributed by atoms with Crippen molar-refractivity contribution in [3.05, 3.63) is 10.4 Å². The van der Waals surface area contributed by atoms with E-state index in [1.807, 2.05) is 0 Å². The Balaban J connectivity index is 2.10. The predicted octanol–water partition coefficient (Wildman–Crippen LogP) is 3.17. The molecule has 1 N–H and O–H groups in total. The van der Waals surface area contributed by atoms with E-state index in [9.17, 15) is 0 Å². The Morgan fingerprint density at radius 1 is 1.19 bits per heavy atom. The topological polar surface area (TPSA) is 50.7 Å². The molecule has 0 saturated heterocycles. The van der Waals surface area contributed by atoms with Gasteiger partial charge in [0.2, 0.25) is 5.28 Å². The van der Waals surface area contributed by atoms with Crippen LogP contribution in [0, 0.1) is 5.92 Å². The second kappa shape index (κ2) is 5.15. The summed E-state index contributed by atoms with van der Waals surface area (Å²) in [5.41, 5.74) is 0. The van der Waals surface area contributed by atoms with Gasteiger partial charge in [-0.2, -0.15) is 4.98 Å². The van der Waals surface area contributed by atoms with Gasteiger partial charge in [0.15, 0.2) is 11.0 Å². The van der Waals surface area contributed by atoms with Gasteiger partial charge in [-0.25, -0.2) is 0 Å². The Morgan fingerprint density at radius 3 is 2.69 bits per heavy atom. The van der Waals surface area contributed by atoms with E-state index >= 15 is 0 Å². The third-order valence-corrected chi connectivity index (χ3v) is 3.47. The maximum atomic E-state index is 5.91. The van der Waals surface area contributed by atoms with E-state index in [2.05, 4.69) is 27.4 Å². The zero-order valence-electron chi connectivity index (χ0n) is 9.08. The highest BCUT2D eigenvalue weighted by Crippen LogP contribution is 2.28. The first-order valence-corrected chi connectivity index (χ1v) is 6.24. The molecule has 0 aliphatic heterocycles. The van der Waals surface area contributed by atoms with Crippen molar-refractivity contribution in [2.75, 3.05) is 5.32 Å². The lowest BCUT2D eigenvalue weighted by Gasteiger charge is -2.29. The maximum Gasteiger partial charge on any atom is 0.245 e. The van der Waals surface area contributed by atoms with E-state index in [1.54, 1.807) is 0 Å². The largest absolute Gasteiger partial charge is 0.364 e. The molecule has 1 aliphatic carbocycles. The quantitative estimate of drug-likeness (QED) is 0.888. The molecule has 2 atom stereocenters. The third kappa shape index (κ3) is 2.74. The van der Waals surface area contributed by atoms with Crippen LogP contribution in [0.4, 0.5) is 5.82 Å². The number of halogens is 2. The fraction of sp³-hybridized carbons (Fsp3) is 0.700. The summed E-state index contributed by atoms with van der Waals surface area (Å²) < 4.78 is 0. The molecule has 0 radical (unpaired) electrons. The number of nitrogens with one attached hydrogen (secondary N) is 1. The molecule has 0 amide bonds. The molecule has 0 aromatic carbocycles. The molecule has 1 heterocycles. The number of aromatic nitrogens is 3. The van der Waals surface area contributed by atoms with Gasteiger partial charge in [-0.1, -0.05) is 31.4 Å². The van der Waals surface area contributed by atoms with Crippen molar-refractivity contribution in [3.8, 4) is 0 Å². The molecule has 1 aromatic heterocycles. The van der Waals surface area contributed by atoms with Gasteiger partial charge < -0.3 is 5.32 Å². The van der Waals surface area contributed by atoms with Crippen molar-refractivity contribution >= 4 is 29.0 Å². The summed E-state index contributed by atoms with van der Waals surface area (Å²) >= 11 is 11.6. The minimum atomic E-state index is 0.121. The predicted molar refractivity (Wildman–Crippen MR) is 64.9 cm³/mol. The fourth-order valence-corrected chi connectivity index (χ4v) is 2.35. The summed E-state index contributed by atoms with van der Waals surface area (Å²) in [7, 11) is 0. The Labute approximate surface area is 105 Å². The minimum Gasteiger partial charge on any atom is -0.364 e. The average Bonchev–Trinajstić information content (AvgIpc) is 2.27. The molecule has 1 saturated carbocycles. The summed E-state index contributed by atoms with van der Waals surface area (Å²) in [6.07, 6.45) is 4.92. The number of nitrogens with zero attached hydrogens (tertiary/aromatic N) is 3. The molecule has 1 fully saturated rings. The Morgan fingerprint density at radius 2 is 1.94 bits per heavy atom. The number of hydrogen-bond donors (Lipinski definition) is 1. The molecule has 1 aliphatic rings. The van der Waals surface area contributed by atoms with Crippen molar-refractivity contribution in [1.82, 2.24) is 15.2 Å². The maximum absolute atomic E-state index is 5.91. The lowest BCUT2D eigenvalue weighted by Crippen LogP contribution is -2.31. The van der Waals surface area contributed by atoms with E-state index in [0.717, 1.165) is 6.42 Å². The SMILES string of the molecule is CC1CCCCC1Nc1nc(Cl)nnc1Cl. The molecular weight excluding hydrogens is 247 g/mol. The first-order valence-electron chi connectivity index (χ1n) is 5.49. The molecule has 1 aromatic rings. The second-order valence-corrected chi connectivity index (χ2v) is 4.93. The summed E-state index contributed by atoms with van der Waals surface area (Å²) in [4.78, 5) is 4.05. The van der Waals surface area contributed by atoms with Crippen molar-refractivity contribution in [3.63, 3.8) is 0 Å². The van der Waals surface area contributed by atoms with Gasteiger partial charge in [0, 0.05) is 6.04 Å². The molecule has 2 unspecified atom stereocenters. The molecular formula is C10H14Cl2N4. The highest BCUT2D eigenvalue weighted by atomic mass is 35.5. The Kier molecular flexibility index (Phi) is 3.82. The van der Waals surface area contributed by atoms with E-state index in [0.29, 0.717) is 17.8 Å². The van der Waals surface area contributed by atoms with E-state index < -0.39 is 0 Å². The van der Waals surface area contributed by atoms with Gasteiger partial charge in [-0.05, 0) is 30.4 Å². The zero-order chi connectivity index (χ0) is 11.5. The van der Waals surface area contributed by atoms with Crippen molar-refractivity contribution in [2.45, 2.75) is 38.6 Å². The minimum absolute atomic E-state index is 0.121. The Hall–Kier alpha value is -0.610. The summed E-state index contributed by atoms with van der Waals surface area (Å²) in [6, 6.07) is 0.402. The highest BCUT2D eigenvalue weighted by molar-refractivity contribution is 6.32. The smallest absolute Gasteiger partial charge is 0.245 e. The first-order chi connectivity index (χ1) is 7.66. The highest BCUT2D eigenvalue weighted by Gasteiger charge is 2.22. The summed E-state index contributed by atoms with van der Waals surface area (Å²) in [5, 5.41) is 11.0. The zero-order valence-corrected chi connectivity index (χ0v) is 10.6. The van der Waals surface area contributed by atoms with Gasteiger partial charge in [-0.3, -0.25) is 0 Å². The molecule has 2 rings (SSSR count). The van der Waals surface area contributed by atoms with Crippen molar-refractivity contribution in [1.29, 1.82) is 0 Å². The van der Waals surface area contributed by atoms with Crippen LogP contribution in [-0.2, 0) is 0 Å². The van der Waals surface area contributed by atoms with Gasteiger partial charge in [0.05, 0.1) is 0 Å². The van der Waals surface area contributed by atoms with Gasteiger partial charge in [-0.15, -0.1) is 10.2 Å². The van der Waals surface area contributed by atoms with Crippen LogP contribution in [0.3, 0.4) is 0 Å². The summed E-state index contributed by atoms with van der Waals surface area (Å²) in [5.74, 6) is 1.17. The first kappa shape index (κ1) is 11.9. The van der Waals surface area contributed by atoms with Crippen LogP contribution in [0.5, 0.6) is 0 Å². The lowest BCUT2D eigenvalue weighted by atomic mass is 9.86. The average molecular weight is 261 g/mol. The fourth-order valence-electron chi connectivity index (χ4n) is 2.09. The third-order valence-electron chi connectivity index (χ3n) is 3.05. The molecule has 0 spiro atoms. The monoisotopic (exact) mass is 260 g/mol. The molecule has 6 heteroatoms. The summed E-state index contributed by atoms with van der Waals surface area (Å²) in [6.45, 7) is 2.24. The van der Waals surface area contributed by atoms with Crippen molar-refractivity contribution < 1.29 is 0 Å². The molecule has 4 nitrogen and oxygen atoms in total. The second-order valence-electron chi connectivity index (χ2n) is 4.23. The van der Waals surface area contributed by atoms with Crippen LogP contribution in [0.25, 0.3) is 0 Å². The van der Waals surface area contributed by atoms with Crippen LogP contribution in [0.15, 0.2) is 0 Å². The lowest BCUT2D eigenvalue weighted by molar-refractivity contribution is 0.349. The van der Waals surface area contributed by atoms with Crippen LogP contribution < -0.4 is 5.32 Å². The molecule has 0 bridgehead atoms. The number of rotatable bonds is 2. The molecule has 16 heavy (non-hydrogen) atoms. The van der Waals surface area contributed by atoms with Crippen LogP contribution in [0.2, 0.25) is 10.4 Å². The van der Waals surface area contributed by atoms with Crippen LogP contribution in [-0.4, -0.2) is 21.2 Å². The molecule has 88 valence electrons. The standard InChI is InChI=1S/C10H14Cl2N4/c1-6-4-2-3-5-7(6)13-9-8(11)15-16-10(12)14-9/h6-7H,2-5H2,1H3,(H,13,14,16). The number of anilines is 1.